The number of hydrogen-bond donors (Lipinski definition) is 1. The zero-order valence-corrected chi connectivity index (χ0v) is 18.8. The summed E-state index contributed by atoms with van der Waals surface area (Å²) in [6, 6.07) is 9.07. The minimum absolute atomic E-state index is 0.421. The highest BCUT2D eigenvalue weighted by molar-refractivity contribution is 9.10. The fourth-order valence-corrected chi connectivity index (χ4v) is 4.03. The van der Waals surface area contributed by atoms with E-state index in [-0.39, 0.29) is 0 Å². The van der Waals surface area contributed by atoms with Gasteiger partial charge >= 0.3 is 0 Å². The van der Waals surface area contributed by atoms with Gasteiger partial charge in [0.2, 0.25) is 0 Å². The molecule has 1 unspecified atom stereocenters. The molecule has 0 spiro atoms. The van der Waals surface area contributed by atoms with E-state index in [0.29, 0.717) is 6.04 Å². The Balaban J connectivity index is 1.49. The highest BCUT2D eigenvalue weighted by Crippen LogP contribution is 2.23. The third-order valence-corrected chi connectivity index (χ3v) is 6.09. The van der Waals surface area contributed by atoms with E-state index in [1.807, 2.05) is 20.9 Å². The van der Waals surface area contributed by atoms with Crippen LogP contribution in [0, 0.1) is 13.8 Å². The first-order chi connectivity index (χ1) is 13.5. The Hall–Kier alpha value is -1.86. The zero-order valence-electron chi connectivity index (χ0n) is 17.2. The summed E-state index contributed by atoms with van der Waals surface area (Å²) in [5, 5.41) is 7.52. The van der Waals surface area contributed by atoms with Crippen molar-refractivity contribution in [1.82, 2.24) is 20.3 Å². The quantitative estimate of drug-likeness (QED) is 0.560. The van der Waals surface area contributed by atoms with Crippen molar-refractivity contribution in [3.63, 3.8) is 0 Å². The lowest BCUT2D eigenvalue weighted by atomic mass is 10.1. The summed E-state index contributed by atoms with van der Waals surface area (Å²) in [5.74, 6) is 1.88. The molecule has 7 heteroatoms. The third-order valence-electron chi connectivity index (χ3n) is 5.57. The molecule has 1 saturated heterocycles. The van der Waals surface area contributed by atoms with Gasteiger partial charge in [-0.25, -0.2) is 0 Å². The molecular formula is C21H30BrN5O. The number of guanidine groups is 1. The molecule has 1 N–H and O–H groups in total. The molecule has 0 radical (unpaired) electrons. The number of rotatable bonds is 5. The molecule has 2 aromatic rings. The molecular weight excluding hydrogens is 418 g/mol. The molecule has 1 aromatic carbocycles. The van der Waals surface area contributed by atoms with Crippen LogP contribution in [0.1, 0.15) is 35.5 Å². The van der Waals surface area contributed by atoms with Gasteiger partial charge in [-0.1, -0.05) is 33.2 Å². The fourth-order valence-electron chi connectivity index (χ4n) is 3.76. The van der Waals surface area contributed by atoms with Crippen LogP contribution in [0.15, 0.2) is 38.3 Å². The maximum Gasteiger partial charge on any atom is 0.193 e. The largest absolute Gasteiger partial charge is 0.361 e. The van der Waals surface area contributed by atoms with Gasteiger partial charge in [0.15, 0.2) is 5.96 Å². The highest BCUT2D eigenvalue weighted by atomic mass is 79.9. The van der Waals surface area contributed by atoms with Crippen LogP contribution in [-0.2, 0) is 6.42 Å². The average molecular weight is 448 g/mol. The maximum absolute atomic E-state index is 5.25. The van der Waals surface area contributed by atoms with Gasteiger partial charge in [0.25, 0.3) is 0 Å². The van der Waals surface area contributed by atoms with Crippen LogP contribution >= 0.6 is 15.9 Å². The van der Waals surface area contributed by atoms with Gasteiger partial charge in [-0.2, -0.15) is 0 Å². The highest BCUT2D eigenvalue weighted by Gasteiger charge is 2.23. The van der Waals surface area contributed by atoms with Gasteiger partial charge in [-0.05, 0) is 44.9 Å². The summed E-state index contributed by atoms with van der Waals surface area (Å²) in [7, 11) is 1.86. The normalized spacial score (nSPS) is 17.0. The van der Waals surface area contributed by atoms with Crippen LogP contribution in [0.25, 0.3) is 0 Å². The fraction of sp³-hybridized carbons (Fsp3) is 0.524. The first-order valence-electron chi connectivity index (χ1n) is 9.86. The van der Waals surface area contributed by atoms with E-state index in [1.165, 1.54) is 11.1 Å². The zero-order chi connectivity index (χ0) is 20.1. The summed E-state index contributed by atoms with van der Waals surface area (Å²) >= 11 is 3.51. The monoisotopic (exact) mass is 447 g/mol. The molecule has 2 heterocycles. The molecule has 0 amide bonds. The Morgan fingerprint density at radius 3 is 2.46 bits per heavy atom. The lowest BCUT2D eigenvalue weighted by Crippen LogP contribution is -2.53. The van der Waals surface area contributed by atoms with E-state index in [9.17, 15) is 0 Å². The average Bonchev–Trinajstić information content (AvgIpc) is 3.03. The third kappa shape index (κ3) is 4.94. The molecule has 1 aliphatic heterocycles. The molecule has 1 aliphatic rings. The van der Waals surface area contributed by atoms with Crippen LogP contribution in [0.5, 0.6) is 0 Å². The molecule has 0 bridgehead atoms. The van der Waals surface area contributed by atoms with Crippen LogP contribution in [0.3, 0.4) is 0 Å². The van der Waals surface area contributed by atoms with Crippen molar-refractivity contribution in [3.8, 4) is 0 Å². The Morgan fingerprint density at radius 1 is 1.21 bits per heavy atom. The van der Waals surface area contributed by atoms with Crippen LogP contribution < -0.4 is 5.32 Å². The number of piperazine rings is 1. The predicted octanol–water partition coefficient (Wildman–Crippen LogP) is 3.55. The predicted molar refractivity (Wildman–Crippen MR) is 117 cm³/mol. The van der Waals surface area contributed by atoms with Gasteiger partial charge in [0.05, 0.1) is 5.69 Å². The molecule has 1 aromatic heterocycles. The van der Waals surface area contributed by atoms with Crippen LogP contribution in [0.2, 0.25) is 0 Å². The molecule has 152 valence electrons. The lowest BCUT2D eigenvalue weighted by Gasteiger charge is -2.39. The number of hydrogen-bond acceptors (Lipinski definition) is 4. The van der Waals surface area contributed by atoms with E-state index in [0.717, 1.165) is 61.0 Å². The molecule has 0 saturated carbocycles. The Kier molecular flexibility index (Phi) is 7.13. The van der Waals surface area contributed by atoms with Crippen molar-refractivity contribution >= 4 is 21.9 Å². The maximum atomic E-state index is 5.25. The van der Waals surface area contributed by atoms with Gasteiger partial charge in [-0.3, -0.25) is 9.89 Å². The van der Waals surface area contributed by atoms with Crippen molar-refractivity contribution in [2.45, 2.75) is 33.2 Å². The van der Waals surface area contributed by atoms with Crippen molar-refractivity contribution < 1.29 is 4.52 Å². The number of halogens is 1. The Morgan fingerprint density at radius 2 is 1.89 bits per heavy atom. The lowest BCUT2D eigenvalue weighted by molar-refractivity contribution is 0.138. The first-order valence-corrected chi connectivity index (χ1v) is 10.7. The van der Waals surface area contributed by atoms with Crippen LogP contribution in [0.4, 0.5) is 0 Å². The number of aromatic nitrogens is 1. The second-order valence-corrected chi connectivity index (χ2v) is 8.19. The van der Waals surface area contributed by atoms with Crippen molar-refractivity contribution in [2.75, 3.05) is 39.8 Å². The van der Waals surface area contributed by atoms with E-state index in [1.54, 1.807) is 0 Å². The van der Waals surface area contributed by atoms with E-state index in [2.05, 4.69) is 72.4 Å². The second kappa shape index (κ2) is 9.56. The smallest absolute Gasteiger partial charge is 0.193 e. The van der Waals surface area contributed by atoms with E-state index >= 15 is 0 Å². The molecule has 28 heavy (non-hydrogen) atoms. The summed E-state index contributed by atoms with van der Waals surface area (Å²) in [4.78, 5) is 9.37. The minimum Gasteiger partial charge on any atom is -0.361 e. The number of nitrogens with zero attached hydrogens (tertiary/aromatic N) is 4. The minimum atomic E-state index is 0.421. The molecule has 6 nitrogen and oxygen atoms in total. The van der Waals surface area contributed by atoms with Crippen molar-refractivity contribution in [2.24, 2.45) is 4.99 Å². The topological polar surface area (TPSA) is 56.9 Å². The second-order valence-electron chi connectivity index (χ2n) is 7.28. The summed E-state index contributed by atoms with van der Waals surface area (Å²) < 4.78 is 6.37. The van der Waals surface area contributed by atoms with Crippen LogP contribution in [-0.4, -0.2) is 60.7 Å². The van der Waals surface area contributed by atoms with Crippen molar-refractivity contribution in [3.05, 3.63) is 51.3 Å². The molecule has 1 fully saturated rings. The number of aliphatic imine (C=N–C) groups is 1. The van der Waals surface area contributed by atoms with E-state index in [4.69, 9.17) is 4.52 Å². The summed E-state index contributed by atoms with van der Waals surface area (Å²) in [5.41, 5.74) is 3.53. The van der Waals surface area contributed by atoms with Gasteiger partial charge in [-0.15, -0.1) is 0 Å². The number of benzene rings is 1. The summed E-state index contributed by atoms with van der Waals surface area (Å²) in [6.45, 7) is 11.1. The Labute approximate surface area is 176 Å². The Bertz CT molecular complexity index is 774. The van der Waals surface area contributed by atoms with Gasteiger partial charge in [0.1, 0.15) is 5.76 Å². The van der Waals surface area contributed by atoms with E-state index < -0.39 is 0 Å². The number of aryl methyl sites for hydroxylation is 2. The summed E-state index contributed by atoms with van der Waals surface area (Å²) in [6.07, 6.45) is 0.890. The molecule has 3 rings (SSSR count). The van der Waals surface area contributed by atoms with Gasteiger partial charge < -0.3 is 14.7 Å². The number of nitrogens with one attached hydrogen (secondary N) is 1. The van der Waals surface area contributed by atoms with Crippen molar-refractivity contribution in [1.29, 1.82) is 0 Å². The molecule has 1 atom stereocenters. The SMILES string of the molecule is CN=C(NCCc1c(C)noc1C)N1CCN(C(C)c2ccc(Br)cc2)CC1. The van der Waals surface area contributed by atoms with Gasteiger partial charge in [0, 0.05) is 55.8 Å². The molecule has 0 aliphatic carbocycles. The first kappa shape index (κ1) is 20.9. The standard InChI is InChI=1S/C21H30BrN5O/c1-15-20(17(3)28-25-15)9-10-24-21(23-4)27-13-11-26(12-14-27)16(2)18-5-7-19(22)8-6-18/h5-8,16H,9-14H2,1-4H3,(H,23,24).